The number of imide groups is 1. The highest BCUT2D eigenvalue weighted by molar-refractivity contribution is 5.98. The Labute approximate surface area is 124 Å². The van der Waals surface area contributed by atoms with Crippen LogP contribution in [0.1, 0.15) is 50.2 Å². The van der Waals surface area contributed by atoms with Crippen LogP contribution in [0.4, 0.5) is 0 Å². The van der Waals surface area contributed by atoms with Crippen molar-refractivity contribution < 1.29 is 14.7 Å². The number of benzene rings is 1. The van der Waals surface area contributed by atoms with Crippen molar-refractivity contribution in [3.8, 4) is 0 Å². The standard InChI is InChI=1S/C17H21NO3/c19-14(13-6-2-1-3-7-13)12-18-15(20)10-17(11-16(18)21)8-4-5-9-17/h1-3,6-7,14,19H,4-5,8-12H2. The number of β-amino-alcohol motifs (C(OH)–C–C–N with tert-alkyl or cyclic N) is 1. The van der Waals surface area contributed by atoms with Crippen LogP contribution in [0.5, 0.6) is 0 Å². The predicted octanol–water partition coefficient (Wildman–Crippen LogP) is 2.43. The van der Waals surface area contributed by atoms with Gasteiger partial charge in [0.15, 0.2) is 0 Å². The molecule has 1 N–H and O–H groups in total. The van der Waals surface area contributed by atoms with Crippen LogP contribution in [0, 0.1) is 5.41 Å². The van der Waals surface area contributed by atoms with Gasteiger partial charge < -0.3 is 5.11 Å². The molecule has 1 aliphatic heterocycles. The first kappa shape index (κ1) is 14.3. The zero-order valence-corrected chi connectivity index (χ0v) is 12.1. The largest absolute Gasteiger partial charge is 0.387 e. The normalized spacial score (nSPS) is 22.8. The fourth-order valence-corrected chi connectivity index (χ4v) is 3.67. The van der Waals surface area contributed by atoms with Crippen molar-refractivity contribution in [2.24, 2.45) is 5.41 Å². The first-order valence-corrected chi connectivity index (χ1v) is 7.66. The van der Waals surface area contributed by atoms with Crippen LogP contribution in [-0.2, 0) is 9.59 Å². The molecule has 0 aromatic heterocycles. The number of hydrogen-bond acceptors (Lipinski definition) is 3. The van der Waals surface area contributed by atoms with Crippen molar-refractivity contribution in [3.05, 3.63) is 35.9 Å². The SMILES string of the molecule is O=C1CC2(CCCC2)CC(=O)N1CC(O)c1ccccc1. The molecule has 4 heteroatoms. The number of carbonyl (C=O) groups is 2. The number of aliphatic hydroxyl groups excluding tert-OH is 1. The molecule has 1 aromatic rings. The highest BCUT2D eigenvalue weighted by atomic mass is 16.3. The quantitative estimate of drug-likeness (QED) is 0.869. The van der Waals surface area contributed by atoms with E-state index in [9.17, 15) is 14.7 Å². The maximum Gasteiger partial charge on any atom is 0.229 e. The molecule has 0 radical (unpaired) electrons. The van der Waals surface area contributed by atoms with Crippen LogP contribution in [-0.4, -0.2) is 28.4 Å². The van der Waals surface area contributed by atoms with Gasteiger partial charge in [0, 0.05) is 12.8 Å². The molecular weight excluding hydrogens is 266 g/mol. The van der Waals surface area contributed by atoms with Gasteiger partial charge in [0.05, 0.1) is 12.6 Å². The van der Waals surface area contributed by atoms with Crippen LogP contribution in [0.3, 0.4) is 0 Å². The molecule has 2 amide bonds. The highest BCUT2D eigenvalue weighted by Gasteiger charge is 2.45. The minimum Gasteiger partial charge on any atom is -0.387 e. The molecule has 1 unspecified atom stereocenters. The van der Waals surface area contributed by atoms with E-state index in [-0.39, 0.29) is 23.8 Å². The predicted molar refractivity (Wildman–Crippen MR) is 78.3 cm³/mol. The first-order chi connectivity index (χ1) is 10.1. The lowest BCUT2D eigenvalue weighted by Gasteiger charge is -2.37. The summed E-state index contributed by atoms with van der Waals surface area (Å²) in [5.41, 5.74) is 0.654. The molecule has 1 saturated carbocycles. The Morgan fingerprint density at radius 1 is 1.05 bits per heavy atom. The first-order valence-electron chi connectivity index (χ1n) is 7.66. The lowest BCUT2D eigenvalue weighted by Crippen LogP contribution is -2.48. The van der Waals surface area contributed by atoms with Crippen LogP contribution in [0.25, 0.3) is 0 Å². The van der Waals surface area contributed by atoms with Crippen molar-refractivity contribution >= 4 is 11.8 Å². The van der Waals surface area contributed by atoms with E-state index < -0.39 is 6.10 Å². The van der Waals surface area contributed by atoms with Gasteiger partial charge in [-0.2, -0.15) is 0 Å². The van der Waals surface area contributed by atoms with Gasteiger partial charge in [0.2, 0.25) is 11.8 Å². The van der Waals surface area contributed by atoms with Gasteiger partial charge in [-0.05, 0) is 23.8 Å². The second kappa shape index (κ2) is 5.60. The van der Waals surface area contributed by atoms with Gasteiger partial charge in [-0.15, -0.1) is 0 Å². The Kier molecular flexibility index (Phi) is 3.81. The number of aliphatic hydroxyl groups is 1. The average Bonchev–Trinajstić information content (AvgIpc) is 2.91. The number of nitrogens with zero attached hydrogens (tertiary/aromatic N) is 1. The molecule has 21 heavy (non-hydrogen) atoms. The van der Waals surface area contributed by atoms with Gasteiger partial charge in [-0.3, -0.25) is 14.5 Å². The second-order valence-corrected chi connectivity index (χ2v) is 6.39. The molecule has 1 spiro atoms. The van der Waals surface area contributed by atoms with E-state index in [1.165, 1.54) is 4.90 Å². The van der Waals surface area contributed by atoms with Gasteiger partial charge >= 0.3 is 0 Å². The number of amides is 2. The summed E-state index contributed by atoms with van der Waals surface area (Å²) in [6.45, 7) is 0.0672. The Bertz CT molecular complexity index is 514. The lowest BCUT2D eigenvalue weighted by molar-refractivity contribution is -0.155. The third-order valence-corrected chi connectivity index (χ3v) is 4.86. The van der Waals surface area contributed by atoms with Crippen LogP contribution >= 0.6 is 0 Å². The Balaban J connectivity index is 1.69. The molecule has 0 bridgehead atoms. The van der Waals surface area contributed by atoms with Gasteiger partial charge in [0.25, 0.3) is 0 Å². The molecular formula is C17H21NO3. The van der Waals surface area contributed by atoms with Crippen molar-refractivity contribution in [1.82, 2.24) is 4.90 Å². The van der Waals surface area contributed by atoms with Crippen LogP contribution in [0.15, 0.2) is 30.3 Å². The molecule has 4 nitrogen and oxygen atoms in total. The van der Waals surface area contributed by atoms with Crippen molar-refractivity contribution in [3.63, 3.8) is 0 Å². The van der Waals surface area contributed by atoms with Crippen molar-refractivity contribution in [2.75, 3.05) is 6.54 Å². The fraction of sp³-hybridized carbons (Fsp3) is 0.529. The number of rotatable bonds is 3. The number of carbonyl (C=O) groups excluding carboxylic acids is 2. The maximum absolute atomic E-state index is 12.3. The fourth-order valence-electron chi connectivity index (χ4n) is 3.67. The Hall–Kier alpha value is -1.68. The van der Waals surface area contributed by atoms with Crippen molar-refractivity contribution in [2.45, 2.75) is 44.6 Å². The minimum absolute atomic E-state index is 0.0672. The second-order valence-electron chi connectivity index (χ2n) is 6.39. The van der Waals surface area contributed by atoms with Crippen LogP contribution in [0.2, 0.25) is 0 Å². The third-order valence-electron chi connectivity index (χ3n) is 4.86. The minimum atomic E-state index is -0.809. The molecule has 3 rings (SSSR count). The van der Waals surface area contributed by atoms with E-state index in [0.29, 0.717) is 12.8 Å². The summed E-state index contributed by atoms with van der Waals surface area (Å²) in [5, 5.41) is 10.2. The molecule has 1 heterocycles. The molecule has 2 aliphatic rings. The topological polar surface area (TPSA) is 57.6 Å². The molecule has 2 fully saturated rings. The smallest absolute Gasteiger partial charge is 0.229 e. The van der Waals surface area contributed by atoms with E-state index in [1.54, 1.807) is 0 Å². The van der Waals surface area contributed by atoms with Crippen molar-refractivity contribution in [1.29, 1.82) is 0 Å². The summed E-state index contributed by atoms with van der Waals surface area (Å²) < 4.78 is 0. The maximum atomic E-state index is 12.3. The molecule has 1 aromatic carbocycles. The van der Waals surface area contributed by atoms with Crippen LogP contribution < -0.4 is 0 Å². The van der Waals surface area contributed by atoms with E-state index >= 15 is 0 Å². The summed E-state index contributed by atoms with van der Waals surface area (Å²) >= 11 is 0. The van der Waals surface area contributed by atoms with Gasteiger partial charge in [-0.25, -0.2) is 0 Å². The molecule has 112 valence electrons. The van der Waals surface area contributed by atoms with Gasteiger partial charge in [0.1, 0.15) is 0 Å². The third kappa shape index (κ3) is 2.86. The van der Waals surface area contributed by atoms with E-state index in [0.717, 1.165) is 31.2 Å². The Morgan fingerprint density at radius 3 is 2.19 bits per heavy atom. The zero-order chi connectivity index (χ0) is 14.9. The molecule has 1 atom stereocenters. The molecule has 1 aliphatic carbocycles. The average molecular weight is 287 g/mol. The Morgan fingerprint density at radius 2 is 1.62 bits per heavy atom. The number of likely N-dealkylation sites (tertiary alicyclic amines) is 1. The highest BCUT2D eigenvalue weighted by Crippen LogP contribution is 2.47. The summed E-state index contributed by atoms with van der Waals surface area (Å²) in [5.74, 6) is -0.244. The summed E-state index contributed by atoms with van der Waals surface area (Å²) in [7, 11) is 0. The summed E-state index contributed by atoms with van der Waals surface area (Å²) in [6.07, 6.45) is 4.32. The van der Waals surface area contributed by atoms with Gasteiger partial charge in [-0.1, -0.05) is 43.2 Å². The van der Waals surface area contributed by atoms with E-state index in [1.807, 2.05) is 30.3 Å². The number of piperidine rings is 1. The van der Waals surface area contributed by atoms with E-state index in [2.05, 4.69) is 0 Å². The molecule has 1 saturated heterocycles. The lowest BCUT2D eigenvalue weighted by atomic mass is 9.76. The zero-order valence-electron chi connectivity index (χ0n) is 12.1. The van der Waals surface area contributed by atoms with E-state index in [4.69, 9.17) is 0 Å². The monoisotopic (exact) mass is 287 g/mol. The number of hydrogen-bond donors (Lipinski definition) is 1. The summed E-state index contributed by atoms with van der Waals surface area (Å²) in [6, 6.07) is 9.17. The summed E-state index contributed by atoms with van der Waals surface area (Å²) in [4.78, 5) is 25.9.